The van der Waals surface area contributed by atoms with Crippen LogP contribution in [0.25, 0.3) is 0 Å². The summed E-state index contributed by atoms with van der Waals surface area (Å²) in [6.07, 6.45) is -3.86. The van der Waals surface area contributed by atoms with E-state index in [0.717, 1.165) is 0 Å². The van der Waals surface area contributed by atoms with Crippen molar-refractivity contribution in [3.8, 4) is 0 Å². The molecular weight excluding hydrogens is 215 g/mol. The second kappa shape index (κ2) is 4.08. The van der Waals surface area contributed by atoms with Gasteiger partial charge in [-0.25, -0.2) is 0 Å². The van der Waals surface area contributed by atoms with E-state index in [1.165, 1.54) is 0 Å². The first-order chi connectivity index (χ1) is 6.82. The molecule has 0 heterocycles. The number of amides is 1. The van der Waals surface area contributed by atoms with Crippen LogP contribution in [-0.2, 0) is 9.59 Å². The molecule has 0 aromatic heterocycles. The molecule has 2 N–H and O–H groups in total. The van der Waals surface area contributed by atoms with Gasteiger partial charge in [-0.3, -0.25) is 9.59 Å². The Balaban J connectivity index is 2.58. The number of carboxylic acid groups (broad SMARTS) is 1. The van der Waals surface area contributed by atoms with Crippen molar-refractivity contribution in [1.29, 1.82) is 0 Å². The summed E-state index contributed by atoms with van der Waals surface area (Å²) in [6.45, 7) is 0. The molecule has 0 saturated heterocycles. The molecular formula is C8H10F3NO3. The lowest BCUT2D eigenvalue weighted by Crippen LogP contribution is -2.46. The lowest BCUT2D eigenvalue weighted by atomic mass is 10.0. The van der Waals surface area contributed by atoms with Gasteiger partial charge in [-0.1, -0.05) is 6.42 Å². The Morgan fingerprint density at radius 1 is 1.27 bits per heavy atom. The minimum atomic E-state index is -4.95. The summed E-state index contributed by atoms with van der Waals surface area (Å²) in [6, 6.07) is -0.906. The van der Waals surface area contributed by atoms with Gasteiger partial charge in [0.25, 0.3) is 0 Å². The molecule has 0 radical (unpaired) electrons. The van der Waals surface area contributed by atoms with Crippen molar-refractivity contribution in [3.05, 3.63) is 0 Å². The Kier molecular flexibility index (Phi) is 3.21. The third-order valence-corrected chi connectivity index (χ3v) is 2.41. The van der Waals surface area contributed by atoms with Gasteiger partial charge in [-0.05, 0) is 12.8 Å². The molecule has 1 rings (SSSR count). The number of carbonyl (C=O) groups is 2. The van der Waals surface area contributed by atoms with E-state index in [2.05, 4.69) is 0 Å². The number of hydrogen-bond acceptors (Lipinski definition) is 2. The first-order valence-electron chi connectivity index (χ1n) is 4.43. The Bertz CT molecular complexity index is 277. The molecule has 4 nitrogen and oxygen atoms in total. The predicted molar refractivity (Wildman–Crippen MR) is 43.0 cm³/mol. The maximum absolute atomic E-state index is 11.9. The third-order valence-electron chi connectivity index (χ3n) is 2.41. The standard InChI is InChI=1S/C8H10F3NO3/c9-8(10,11)7(15)12-5-3-1-2-4(5)6(13)14/h4-5H,1-3H2,(H,12,15)(H,13,14). The minimum Gasteiger partial charge on any atom is -0.481 e. The fourth-order valence-electron chi connectivity index (χ4n) is 1.68. The van der Waals surface area contributed by atoms with Gasteiger partial charge in [0.15, 0.2) is 0 Å². The van der Waals surface area contributed by atoms with Gasteiger partial charge >= 0.3 is 18.1 Å². The van der Waals surface area contributed by atoms with Crippen LogP contribution in [-0.4, -0.2) is 29.2 Å². The van der Waals surface area contributed by atoms with Crippen LogP contribution in [0.4, 0.5) is 13.2 Å². The predicted octanol–water partition coefficient (Wildman–Crippen LogP) is 0.918. The fraction of sp³-hybridized carbons (Fsp3) is 0.750. The summed E-state index contributed by atoms with van der Waals surface area (Å²) >= 11 is 0. The molecule has 2 unspecified atom stereocenters. The number of carboxylic acids is 1. The summed E-state index contributed by atoms with van der Waals surface area (Å²) in [4.78, 5) is 21.2. The molecule has 2 atom stereocenters. The fourth-order valence-corrected chi connectivity index (χ4v) is 1.68. The molecule has 0 aromatic rings. The topological polar surface area (TPSA) is 66.4 Å². The van der Waals surface area contributed by atoms with Crippen LogP contribution in [0.5, 0.6) is 0 Å². The van der Waals surface area contributed by atoms with E-state index in [9.17, 15) is 22.8 Å². The molecule has 0 bridgehead atoms. The summed E-state index contributed by atoms with van der Waals surface area (Å²) < 4.78 is 35.6. The van der Waals surface area contributed by atoms with Crippen molar-refractivity contribution >= 4 is 11.9 Å². The van der Waals surface area contributed by atoms with E-state index in [1.807, 2.05) is 0 Å². The van der Waals surface area contributed by atoms with Crippen molar-refractivity contribution in [2.75, 3.05) is 0 Å². The van der Waals surface area contributed by atoms with Crippen molar-refractivity contribution in [2.45, 2.75) is 31.5 Å². The van der Waals surface area contributed by atoms with Gasteiger partial charge in [-0.2, -0.15) is 13.2 Å². The molecule has 15 heavy (non-hydrogen) atoms. The molecule has 7 heteroatoms. The highest BCUT2D eigenvalue weighted by molar-refractivity contribution is 5.83. The van der Waals surface area contributed by atoms with Gasteiger partial charge in [-0.15, -0.1) is 0 Å². The van der Waals surface area contributed by atoms with E-state index in [0.29, 0.717) is 12.8 Å². The molecule has 86 valence electrons. The van der Waals surface area contributed by atoms with E-state index < -0.39 is 30.0 Å². The summed E-state index contributed by atoms with van der Waals surface area (Å²) in [7, 11) is 0. The SMILES string of the molecule is O=C(O)C1CCCC1NC(=O)C(F)(F)F. The quantitative estimate of drug-likeness (QED) is 0.734. The molecule has 1 aliphatic carbocycles. The van der Waals surface area contributed by atoms with Gasteiger partial charge in [0.2, 0.25) is 0 Å². The maximum Gasteiger partial charge on any atom is 0.471 e. The Morgan fingerprint density at radius 3 is 2.33 bits per heavy atom. The number of carbonyl (C=O) groups excluding carboxylic acids is 1. The number of nitrogens with one attached hydrogen (secondary N) is 1. The van der Waals surface area contributed by atoms with E-state index >= 15 is 0 Å². The Labute approximate surface area is 83.5 Å². The first-order valence-corrected chi connectivity index (χ1v) is 4.43. The van der Waals surface area contributed by atoms with Gasteiger partial charge in [0.1, 0.15) is 0 Å². The smallest absolute Gasteiger partial charge is 0.471 e. The Morgan fingerprint density at radius 2 is 1.87 bits per heavy atom. The lowest BCUT2D eigenvalue weighted by Gasteiger charge is -2.18. The average Bonchev–Trinajstić information content (AvgIpc) is 2.50. The van der Waals surface area contributed by atoms with Crippen molar-refractivity contribution in [1.82, 2.24) is 5.32 Å². The number of halogens is 3. The zero-order chi connectivity index (χ0) is 11.6. The maximum atomic E-state index is 11.9. The Hall–Kier alpha value is -1.27. The van der Waals surface area contributed by atoms with Crippen molar-refractivity contribution < 1.29 is 27.9 Å². The van der Waals surface area contributed by atoms with E-state index in [-0.39, 0.29) is 6.42 Å². The highest BCUT2D eigenvalue weighted by Gasteiger charge is 2.43. The molecule has 0 aromatic carbocycles. The van der Waals surface area contributed by atoms with Crippen molar-refractivity contribution in [2.24, 2.45) is 5.92 Å². The van der Waals surface area contributed by atoms with Crippen LogP contribution in [0.3, 0.4) is 0 Å². The molecule has 1 amide bonds. The zero-order valence-corrected chi connectivity index (χ0v) is 7.67. The third kappa shape index (κ3) is 2.84. The molecule has 1 saturated carbocycles. The van der Waals surface area contributed by atoms with Crippen LogP contribution < -0.4 is 5.32 Å². The van der Waals surface area contributed by atoms with Crippen molar-refractivity contribution in [3.63, 3.8) is 0 Å². The number of hydrogen-bond donors (Lipinski definition) is 2. The molecule has 0 spiro atoms. The van der Waals surface area contributed by atoms with Crippen LogP contribution >= 0.6 is 0 Å². The van der Waals surface area contributed by atoms with Crippen LogP contribution in [0.15, 0.2) is 0 Å². The normalized spacial score (nSPS) is 26.3. The van der Waals surface area contributed by atoms with Crippen LogP contribution in [0.2, 0.25) is 0 Å². The highest BCUT2D eigenvalue weighted by Crippen LogP contribution is 2.27. The summed E-state index contributed by atoms with van der Waals surface area (Å²) in [5.41, 5.74) is 0. The molecule has 1 aliphatic rings. The molecule has 0 aliphatic heterocycles. The monoisotopic (exact) mass is 225 g/mol. The minimum absolute atomic E-state index is 0.277. The van der Waals surface area contributed by atoms with Crippen LogP contribution in [0.1, 0.15) is 19.3 Å². The molecule has 1 fully saturated rings. The average molecular weight is 225 g/mol. The highest BCUT2D eigenvalue weighted by atomic mass is 19.4. The number of aliphatic carboxylic acids is 1. The van der Waals surface area contributed by atoms with Gasteiger partial charge in [0, 0.05) is 6.04 Å². The summed E-state index contributed by atoms with van der Waals surface area (Å²) in [5, 5.41) is 10.4. The number of rotatable bonds is 2. The summed E-state index contributed by atoms with van der Waals surface area (Å²) in [5.74, 6) is -4.14. The van der Waals surface area contributed by atoms with E-state index in [4.69, 9.17) is 5.11 Å². The van der Waals surface area contributed by atoms with Gasteiger partial charge < -0.3 is 10.4 Å². The largest absolute Gasteiger partial charge is 0.481 e. The van der Waals surface area contributed by atoms with Gasteiger partial charge in [0.05, 0.1) is 5.92 Å². The second-order valence-corrected chi connectivity index (χ2v) is 3.45. The first kappa shape index (κ1) is 11.8. The van der Waals surface area contributed by atoms with Crippen LogP contribution in [0, 0.1) is 5.92 Å². The second-order valence-electron chi connectivity index (χ2n) is 3.45. The zero-order valence-electron chi connectivity index (χ0n) is 7.67. The lowest BCUT2D eigenvalue weighted by molar-refractivity contribution is -0.174. The number of alkyl halides is 3. The van der Waals surface area contributed by atoms with E-state index in [1.54, 1.807) is 5.32 Å².